The Kier molecular flexibility index (Phi) is 4.56. The minimum absolute atomic E-state index is 0.688. The summed E-state index contributed by atoms with van der Waals surface area (Å²) in [7, 11) is 0. The van der Waals surface area contributed by atoms with Crippen LogP contribution in [-0.2, 0) is 13.0 Å². The van der Waals surface area contributed by atoms with E-state index in [1.54, 1.807) is 0 Å². The highest BCUT2D eigenvalue weighted by atomic mass is 16.5. The van der Waals surface area contributed by atoms with Gasteiger partial charge in [-0.15, -0.1) is 0 Å². The second-order valence-corrected chi connectivity index (χ2v) is 5.72. The summed E-state index contributed by atoms with van der Waals surface area (Å²) < 4.78 is 5.60. The van der Waals surface area contributed by atoms with Crippen molar-refractivity contribution >= 4 is 0 Å². The van der Waals surface area contributed by atoms with Gasteiger partial charge in [-0.3, -0.25) is 0 Å². The summed E-state index contributed by atoms with van der Waals surface area (Å²) in [4.78, 5) is 0. The summed E-state index contributed by atoms with van der Waals surface area (Å²) in [6, 6.07) is 17.2. The Hall–Kier alpha value is -1.80. The predicted octanol–water partition coefficient (Wildman–Crippen LogP) is 3.90. The Morgan fingerprint density at radius 1 is 1.10 bits per heavy atom. The van der Waals surface area contributed by atoms with Gasteiger partial charge < -0.3 is 10.1 Å². The molecule has 0 heterocycles. The monoisotopic (exact) mass is 281 g/mol. The fourth-order valence-electron chi connectivity index (χ4n) is 2.86. The highest BCUT2D eigenvalue weighted by molar-refractivity contribution is 5.40. The standard InChI is InChI=1S/C19H23NO/c1-2-11-21-18-9-7-15(8-10-18)13-20-14-17-12-16-5-3-4-6-19(16)17/h3-10,17,20H,2,11-14H2,1H3. The lowest BCUT2D eigenvalue weighted by Gasteiger charge is -2.30. The number of benzene rings is 2. The van der Waals surface area contributed by atoms with Crippen LogP contribution in [0.3, 0.4) is 0 Å². The second kappa shape index (κ2) is 6.77. The molecule has 1 unspecified atom stereocenters. The van der Waals surface area contributed by atoms with Crippen LogP contribution in [0, 0.1) is 0 Å². The van der Waals surface area contributed by atoms with E-state index in [1.165, 1.54) is 23.1 Å². The average Bonchev–Trinajstić information content (AvgIpc) is 2.51. The molecule has 110 valence electrons. The first-order chi connectivity index (χ1) is 10.4. The van der Waals surface area contributed by atoms with Crippen molar-refractivity contribution in [3.63, 3.8) is 0 Å². The van der Waals surface area contributed by atoms with Crippen LogP contribution in [0.4, 0.5) is 0 Å². The lowest BCUT2D eigenvalue weighted by atomic mass is 9.77. The molecule has 1 atom stereocenters. The van der Waals surface area contributed by atoms with E-state index >= 15 is 0 Å². The molecule has 0 aliphatic heterocycles. The zero-order valence-corrected chi connectivity index (χ0v) is 12.6. The molecule has 0 amide bonds. The van der Waals surface area contributed by atoms with Crippen LogP contribution >= 0.6 is 0 Å². The van der Waals surface area contributed by atoms with Crippen LogP contribution in [0.15, 0.2) is 48.5 Å². The summed E-state index contributed by atoms with van der Waals surface area (Å²) in [5.41, 5.74) is 4.35. The van der Waals surface area contributed by atoms with Crippen molar-refractivity contribution in [1.82, 2.24) is 5.32 Å². The molecule has 1 aliphatic rings. The summed E-state index contributed by atoms with van der Waals surface area (Å²) >= 11 is 0. The zero-order chi connectivity index (χ0) is 14.5. The van der Waals surface area contributed by atoms with Crippen LogP contribution in [-0.4, -0.2) is 13.2 Å². The molecular weight excluding hydrogens is 258 g/mol. The number of rotatable bonds is 7. The fourth-order valence-corrected chi connectivity index (χ4v) is 2.86. The molecule has 1 N–H and O–H groups in total. The molecule has 21 heavy (non-hydrogen) atoms. The Balaban J connectivity index is 1.44. The van der Waals surface area contributed by atoms with E-state index in [0.717, 1.165) is 31.9 Å². The van der Waals surface area contributed by atoms with E-state index < -0.39 is 0 Å². The second-order valence-electron chi connectivity index (χ2n) is 5.72. The third kappa shape index (κ3) is 3.45. The van der Waals surface area contributed by atoms with Gasteiger partial charge in [0.1, 0.15) is 5.75 Å². The normalized spacial score (nSPS) is 16.1. The van der Waals surface area contributed by atoms with E-state index in [2.05, 4.69) is 60.8 Å². The maximum Gasteiger partial charge on any atom is 0.119 e. The van der Waals surface area contributed by atoms with E-state index in [4.69, 9.17) is 4.74 Å². The number of fused-ring (bicyclic) bond motifs is 1. The largest absolute Gasteiger partial charge is 0.494 e. The molecule has 0 radical (unpaired) electrons. The molecule has 0 saturated heterocycles. The van der Waals surface area contributed by atoms with Gasteiger partial charge in [-0.25, -0.2) is 0 Å². The lowest BCUT2D eigenvalue weighted by molar-refractivity contribution is 0.317. The van der Waals surface area contributed by atoms with E-state index in [9.17, 15) is 0 Å². The Labute approximate surface area is 127 Å². The van der Waals surface area contributed by atoms with Crippen molar-refractivity contribution in [3.05, 3.63) is 65.2 Å². The van der Waals surface area contributed by atoms with Gasteiger partial charge in [0, 0.05) is 19.0 Å². The summed E-state index contributed by atoms with van der Waals surface area (Å²) in [6.07, 6.45) is 2.26. The van der Waals surface area contributed by atoms with Crippen molar-refractivity contribution < 1.29 is 4.74 Å². The first-order valence-corrected chi connectivity index (χ1v) is 7.87. The van der Waals surface area contributed by atoms with Crippen molar-refractivity contribution in [2.24, 2.45) is 0 Å². The van der Waals surface area contributed by atoms with E-state index in [1.807, 2.05) is 0 Å². The van der Waals surface area contributed by atoms with Gasteiger partial charge >= 0.3 is 0 Å². The fraction of sp³-hybridized carbons (Fsp3) is 0.368. The maximum absolute atomic E-state index is 5.60. The molecule has 0 fully saturated rings. The van der Waals surface area contributed by atoms with Gasteiger partial charge in [0.2, 0.25) is 0 Å². The highest BCUT2D eigenvalue weighted by Gasteiger charge is 2.24. The smallest absolute Gasteiger partial charge is 0.119 e. The van der Waals surface area contributed by atoms with Crippen molar-refractivity contribution in [2.45, 2.75) is 32.2 Å². The number of nitrogens with one attached hydrogen (secondary N) is 1. The molecule has 1 aliphatic carbocycles. The maximum atomic E-state index is 5.60. The predicted molar refractivity (Wildman–Crippen MR) is 86.8 cm³/mol. The van der Waals surface area contributed by atoms with Crippen molar-refractivity contribution in [1.29, 1.82) is 0 Å². The molecule has 2 heteroatoms. The quantitative estimate of drug-likeness (QED) is 0.831. The van der Waals surface area contributed by atoms with Gasteiger partial charge in [-0.2, -0.15) is 0 Å². The van der Waals surface area contributed by atoms with Crippen LogP contribution in [0.5, 0.6) is 5.75 Å². The first-order valence-electron chi connectivity index (χ1n) is 7.87. The minimum atomic E-state index is 0.688. The summed E-state index contributed by atoms with van der Waals surface area (Å²) in [5.74, 6) is 1.65. The molecular formula is C19H23NO. The molecule has 0 spiro atoms. The van der Waals surface area contributed by atoms with Crippen LogP contribution in [0.1, 0.15) is 36.0 Å². The van der Waals surface area contributed by atoms with Gasteiger partial charge in [0.15, 0.2) is 0 Å². The molecule has 0 saturated carbocycles. The Morgan fingerprint density at radius 2 is 1.90 bits per heavy atom. The third-order valence-electron chi connectivity index (χ3n) is 4.08. The number of hydrogen-bond donors (Lipinski definition) is 1. The van der Waals surface area contributed by atoms with Crippen LogP contribution in [0.25, 0.3) is 0 Å². The van der Waals surface area contributed by atoms with Crippen LogP contribution < -0.4 is 10.1 Å². The summed E-state index contributed by atoms with van der Waals surface area (Å²) in [5, 5.41) is 3.57. The molecule has 0 bridgehead atoms. The van der Waals surface area contributed by atoms with E-state index in [0.29, 0.717) is 5.92 Å². The first kappa shape index (κ1) is 14.2. The summed E-state index contributed by atoms with van der Waals surface area (Å²) in [6.45, 7) is 4.90. The Bertz CT molecular complexity index is 576. The van der Waals surface area contributed by atoms with Crippen LogP contribution in [0.2, 0.25) is 0 Å². The number of ether oxygens (including phenoxy) is 1. The van der Waals surface area contributed by atoms with Gasteiger partial charge in [0.25, 0.3) is 0 Å². The number of hydrogen-bond acceptors (Lipinski definition) is 2. The van der Waals surface area contributed by atoms with Gasteiger partial charge in [-0.05, 0) is 41.7 Å². The molecule has 2 aromatic rings. The minimum Gasteiger partial charge on any atom is -0.494 e. The topological polar surface area (TPSA) is 21.3 Å². The van der Waals surface area contributed by atoms with Gasteiger partial charge in [-0.1, -0.05) is 43.3 Å². The molecule has 0 aromatic heterocycles. The average molecular weight is 281 g/mol. The SMILES string of the molecule is CCCOc1ccc(CNCC2Cc3ccccc32)cc1. The van der Waals surface area contributed by atoms with Crippen molar-refractivity contribution in [2.75, 3.05) is 13.2 Å². The zero-order valence-electron chi connectivity index (χ0n) is 12.6. The molecule has 2 aromatic carbocycles. The molecule has 2 nitrogen and oxygen atoms in total. The van der Waals surface area contributed by atoms with Gasteiger partial charge in [0.05, 0.1) is 6.61 Å². The highest BCUT2D eigenvalue weighted by Crippen LogP contribution is 2.34. The third-order valence-corrected chi connectivity index (χ3v) is 4.08. The Morgan fingerprint density at radius 3 is 2.67 bits per heavy atom. The molecule has 3 rings (SSSR count). The van der Waals surface area contributed by atoms with E-state index in [-0.39, 0.29) is 0 Å². The van der Waals surface area contributed by atoms with Crippen molar-refractivity contribution in [3.8, 4) is 5.75 Å². The lowest BCUT2D eigenvalue weighted by Crippen LogP contribution is -2.28.